The van der Waals surface area contributed by atoms with E-state index in [0.717, 1.165) is 12.1 Å². The normalized spacial score (nSPS) is 13.4. The van der Waals surface area contributed by atoms with E-state index in [1.165, 1.54) is 42.6 Å². The van der Waals surface area contributed by atoms with Crippen LogP contribution in [0.2, 0.25) is 0 Å². The number of rotatable bonds is 8. The van der Waals surface area contributed by atoms with Gasteiger partial charge in [-0.1, -0.05) is 18.2 Å². The summed E-state index contributed by atoms with van der Waals surface area (Å²) in [6.45, 7) is 1.55. The standard InChI is InChI=1S/C23H19ClF6N4O2S/c1-13-31-12-19(36-17-4-2-3-15(10-17)22(25,26)27)20(32-13)21(34-35)33-16(11-24)9-14-5-7-18(8-6-14)37-23(28,29)30/h2-8,10,12,16,35H,9,11H2,1H3,(H,33,34)/t16-/m1/s1. The van der Waals surface area contributed by atoms with Crippen molar-refractivity contribution in [2.75, 3.05) is 5.88 Å². The zero-order valence-electron chi connectivity index (χ0n) is 18.9. The minimum atomic E-state index is -4.58. The van der Waals surface area contributed by atoms with Crippen LogP contribution in [0.3, 0.4) is 0 Å². The number of halogens is 7. The van der Waals surface area contributed by atoms with Crippen molar-refractivity contribution >= 4 is 29.2 Å². The second kappa shape index (κ2) is 12.0. The van der Waals surface area contributed by atoms with Crippen LogP contribution in [0.4, 0.5) is 26.3 Å². The van der Waals surface area contributed by atoms with E-state index in [1.54, 1.807) is 6.92 Å². The molecule has 0 radical (unpaired) electrons. The van der Waals surface area contributed by atoms with Crippen molar-refractivity contribution in [2.24, 2.45) is 4.99 Å². The molecule has 0 aliphatic rings. The fourth-order valence-electron chi connectivity index (χ4n) is 3.13. The smallest absolute Gasteiger partial charge is 0.446 e. The molecule has 0 bridgehead atoms. The average Bonchev–Trinajstić information content (AvgIpc) is 2.83. The third kappa shape index (κ3) is 8.51. The zero-order valence-corrected chi connectivity index (χ0v) is 20.5. The molecular formula is C23H19ClF6N4O2S. The Hall–Kier alpha value is -3.03. The van der Waals surface area contributed by atoms with Crippen LogP contribution in [0.15, 0.2) is 64.6 Å². The number of nitrogens with zero attached hydrogens (tertiary/aromatic N) is 3. The molecule has 2 aromatic carbocycles. The van der Waals surface area contributed by atoms with Crippen molar-refractivity contribution < 1.29 is 36.3 Å². The van der Waals surface area contributed by atoms with Gasteiger partial charge in [0.25, 0.3) is 0 Å². The molecule has 1 aromatic heterocycles. The first kappa shape index (κ1) is 28.5. The van der Waals surface area contributed by atoms with Gasteiger partial charge >= 0.3 is 11.7 Å². The predicted molar refractivity (Wildman–Crippen MR) is 126 cm³/mol. The van der Waals surface area contributed by atoms with Gasteiger partial charge in [0, 0.05) is 10.8 Å². The topological polar surface area (TPSA) is 79.6 Å². The Morgan fingerprint density at radius 2 is 1.84 bits per heavy atom. The number of amidine groups is 1. The van der Waals surface area contributed by atoms with E-state index in [1.807, 2.05) is 5.48 Å². The molecule has 0 aliphatic heterocycles. The molecule has 1 atom stereocenters. The maximum atomic E-state index is 13.1. The molecule has 37 heavy (non-hydrogen) atoms. The van der Waals surface area contributed by atoms with Gasteiger partial charge in [-0.3, -0.25) is 15.7 Å². The molecular weight excluding hydrogens is 546 g/mol. The van der Waals surface area contributed by atoms with E-state index in [9.17, 15) is 31.5 Å². The molecule has 0 amide bonds. The number of hydrogen-bond donors (Lipinski definition) is 2. The fraction of sp³-hybridized carbons (Fsp3) is 0.261. The first-order chi connectivity index (χ1) is 17.4. The Morgan fingerprint density at radius 3 is 2.43 bits per heavy atom. The highest BCUT2D eigenvalue weighted by Gasteiger charge is 2.31. The van der Waals surface area contributed by atoms with Gasteiger partial charge in [0.2, 0.25) is 0 Å². The largest absolute Gasteiger partial charge is 0.453 e. The van der Waals surface area contributed by atoms with Crippen molar-refractivity contribution in [3.63, 3.8) is 0 Å². The molecule has 0 spiro atoms. The van der Waals surface area contributed by atoms with Crippen LogP contribution in [0.25, 0.3) is 0 Å². The van der Waals surface area contributed by atoms with Crippen LogP contribution in [-0.2, 0) is 12.6 Å². The fourth-order valence-corrected chi connectivity index (χ4v) is 3.84. The van der Waals surface area contributed by atoms with Crippen molar-refractivity contribution in [3.05, 3.63) is 77.4 Å². The third-order valence-electron chi connectivity index (χ3n) is 4.71. The highest BCUT2D eigenvalue weighted by molar-refractivity contribution is 8.00. The summed E-state index contributed by atoms with van der Waals surface area (Å²) >= 11 is 5.81. The molecule has 0 aliphatic carbocycles. The number of thioether (sulfide) groups is 1. The van der Waals surface area contributed by atoms with Crippen molar-refractivity contribution in [1.82, 2.24) is 15.4 Å². The number of hydroxylamine groups is 1. The van der Waals surface area contributed by atoms with Crippen molar-refractivity contribution in [2.45, 2.75) is 36.0 Å². The van der Waals surface area contributed by atoms with E-state index in [4.69, 9.17) is 16.3 Å². The molecule has 2 N–H and O–H groups in total. The lowest BCUT2D eigenvalue weighted by atomic mass is 10.1. The molecule has 198 valence electrons. The molecule has 0 saturated heterocycles. The van der Waals surface area contributed by atoms with Crippen molar-refractivity contribution in [1.29, 1.82) is 0 Å². The number of benzene rings is 2. The molecule has 14 heteroatoms. The number of alkyl halides is 7. The second-order valence-corrected chi connectivity index (χ2v) is 9.00. The van der Waals surface area contributed by atoms with E-state index >= 15 is 0 Å². The van der Waals surface area contributed by atoms with Crippen molar-refractivity contribution in [3.8, 4) is 11.5 Å². The highest BCUT2D eigenvalue weighted by atomic mass is 35.5. The number of aromatic nitrogens is 2. The van der Waals surface area contributed by atoms with Gasteiger partial charge < -0.3 is 4.74 Å². The van der Waals surface area contributed by atoms with Gasteiger partial charge in [-0.05, 0) is 61.0 Å². The first-order valence-corrected chi connectivity index (χ1v) is 11.8. The maximum Gasteiger partial charge on any atom is 0.446 e. The van der Waals surface area contributed by atoms with Gasteiger partial charge in [-0.2, -0.15) is 26.3 Å². The Kier molecular flexibility index (Phi) is 9.26. The summed E-state index contributed by atoms with van der Waals surface area (Å²) in [7, 11) is 0. The molecule has 3 aromatic rings. The van der Waals surface area contributed by atoms with Gasteiger partial charge in [0.15, 0.2) is 17.3 Å². The van der Waals surface area contributed by atoms with E-state index in [-0.39, 0.29) is 57.8 Å². The third-order valence-corrected chi connectivity index (χ3v) is 5.81. The summed E-state index contributed by atoms with van der Waals surface area (Å²) in [5, 5.41) is 9.77. The van der Waals surface area contributed by atoms with Crippen LogP contribution < -0.4 is 10.2 Å². The van der Waals surface area contributed by atoms with Gasteiger partial charge in [0.1, 0.15) is 11.6 Å². The number of ether oxygens (including phenoxy) is 1. The Morgan fingerprint density at radius 1 is 1.14 bits per heavy atom. The quantitative estimate of drug-likeness (QED) is 0.0784. The van der Waals surface area contributed by atoms with Crippen LogP contribution in [0, 0.1) is 6.92 Å². The average molecular weight is 565 g/mol. The summed E-state index contributed by atoms with van der Waals surface area (Å²) in [6, 6.07) is 9.17. The zero-order chi connectivity index (χ0) is 27.2. The molecule has 1 heterocycles. The van der Waals surface area contributed by atoms with Crippen LogP contribution >= 0.6 is 23.4 Å². The molecule has 6 nitrogen and oxygen atoms in total. The SMILES string of the molecule is Cc1ncc(Oc2cccc(C(F)(F)F)c2)c(C(=N[C@@H](CCl)Cc2ccc(SC(F)(F)F)cc2)NO)n1. The lowest BCUT2D eigenvalue weighted by Gasteiger charge is -2.16. The highest BCUT2D eigenvalue weighted by Crippen LogP contribution is 2.37. The summed E-state index contributed by atoms with van der Waals surface area (Å²) in [6.07, 6.45) is -3.15. The Labute approximate surface area is 216 Å². The second-order valence-electron chi connectivity index (χ2n) is 7.55. The molecule has 0 saturated carbocycles. The van der Waals surface area contributed by atoms with Crippen LogP contribution in [0.1, 0.15) is 22.6 Å². The lowest BCUT2D eigenvalue weighted by Crippen LogP contribution is -2.26. The van der Waals surface area contributed by atoms with Crippen LogP contribution in [0.5, 0.6) is 11.5 Å². The Bertz CT molecular complexity index is 1240. The Balaban J connectivity index is 1.87. The number of hydrogen-bond acceptors (Lipinski definition) is 6. The summed E-state index contributed by atoms with van der Waals surface area (Å²) in [5.41, 5.74) is -2.83. The van der Waals surface area contributed by atoms with E-state index in [2.05, 4.69) is 15.0 Å². The van der Waals surface area contributed by atoms with E-state index < -0.39 is 23.3 Å². The lowest BCUT2D eigenvalue weighted by molar-refractivity contribution is -0.137. The van der Waals surface area contributed by atoms with Gasteiger partial charge in [-0.15, -0.1) is 11.6 Å². The first-order valence-electron chi connectivity index (χ1n) is 10.5. The van der Waals surface area contributed by atoms with Gasteiger partial charge in [-0.25, -0.2) is 9.97 Å². The maximum absolute atomic E-state index is 13.1. The van der Waals surface area contributed by atoms with E-state index in [0.29, 0.717) is 5.56 Å². The molecule has 3 rings (SSSR count). The minimum Gasteiger partial charge on any atom is -0.453 e. The number of aliphatic imine (C=N–C) groups is 1. The minimum absolute atomic E-state index is 0.0210. The van der Waals surface area contributed by atoms with Gasteiger partial charge in [0.05, 0.1) is 17.8 Å². The molecule has 0 unspecified atom stereocenters. The number of aryl methyl sites for hydroxylation is 1. The summed E-state index contributed by atoms with van der Waals surface area (Å²) in [5.74, 6) is -0.200. The summed E-state index contributed by atoms with van der Waals surface area (Å²) in [4.78, 5) is 12.6. The monoisotopic (exact) mass is 564 g/mol. The summed E-state index contributed by atoms with van der Waals surface area (Å²) < 4.78 is 82.4. The molecule has 0 fully saturated rings. The van der Waals surface area contributed by atoms with Crippen LogP contribution in [-0.4, -0.2) is 38.4 Å². The number of nitrogens with one attached hydrogen (secondary N) is 1. The predicted octanol–water partition coefficient (Wildman–Crippen LogP) is 6.78.